The van der Waals surface area contributed by atoms with Gasteiger partial charge < -0.3 is 19.8 Å². The van der Waals surface area contributed by atoms with Crippen LogP contribution in [0.25, 0.3) is 16.5 Å². The van der Waals surface area contributed by atoms with Crippen molar-refractivity contribution in [1.82, 2.24) is 10.3 Å². The first kappa shape index (κ1) is 18.8. The molecule has 0 aliphatic carbocycles. The zero-order chi connectivity index (χ0) is 20.4. The van der Waals surface area contributed by atoms with Crippen LogP contribution < -0.4 is 10.1 Å². The average molecular weight is 390 g/mol. The van der Waals surface area contributed by atoms with Gasteiger partial charge in [-0.05, 0) is 54.3 Å². The molecule has 0 saturated heterocycles. The number of benzene rings is 2. The second-order valence-electron chi connectivity index (χ2n) is 6.88. The van der Waals surface area contributed by atoms with Crippen LogP contribution in [0.1, 0.15) is 34.1 Å². The number of methoxy groups -OCH3 is 1. The molecule has 0 saturated carbocycles. The fourth-order valence-electron chi connectivity index (χ4n) is 3.54. The molecule has 0 amide bonds. The summed E-state index contributed by atoms with van der Waals surface area (Å²) < 4.78 is 10.2. The van der Waals surface area contributed by atoms with Gasteiger partial charge in [-0.15, -0.1) is 0 Å². The standard InChI is InChI=1S/C23H22N2O4/c1-3-14-4-9-17-18-10-11-24-13-19(21(18)25-20(17)12-14)23(27)29-22(26)15-5-7-16(28-2)8-6-15/h4-9,12-13,24-25H,3,10-11H2,1-2H3. The van der Waals surface area contributed by atoms with Crippen LogP contribution in [0.4, 0.5) is 0 Å². The molecule has 2 aromatic carbocycles. The highest BCUT2D eigenvalue weighted by atomic mass is 16.6. The van der Waals surface area contributed by atoms with Crippen molar-refractivity contribution in [2.75, 3.05) is 13.7 Å². The van der Waals surface area contributed by atoms with Crippen molar-refractivity contribution >= 4 is 28.4 Å². The molecule has 2 N–H and O–H groups in total. The van der Waals surface area contributed by atoms with Gasteiger partial charge in [-0.2, -0.15) is 0 Å². The van der Waals surface area contributed by atoms with Gasteiger partial charge in [0, 0.05) is 23.6 Å². The predicted molar refractivity (Wildman–Crippen MR) is 111 cm³/mol. The van der Waals surface area contributed by atoms with E-state index in [0.29, 0.717) is 23.6 Å². The van der Waals surface area contributed by atoms with Crippen molar-refractivity contribution in [2.45, 2.75) is 19.8 Å². The van der Waals surface area contributed by atoms with E-state index in [2.05, 4.69) is 35.4 Å². The Hall–Kier alpha value is -3.54. The summed E-state index contributed by atoms with van der Waals surface area (Å²) in [5, 5.41) is 4.20. The molecule has 0 atom stereocenters. The van der Waals surface area contributed by atoms with Crippen molar-refractivity contribution in [1.29, 1.82) is 0 Å². The van der Waals surface area contributed by atoms with Crippen LogP contribution in [0.5, 0.6) is 5.75 Å². The minimum atomic E-state index is -0.700. The van der Waals surface area contributed by atoms with Crippen LogP contribution in [0.15, 0.2) is 48.7 Å². The maximum atomic E-state index is 12.8. The zero-order valence-electron chi connectivity index (χ0n) is 16.4. The number of carbonyl (C=O) groups excluding carboxylic acids is 2. The summed E-state index contributed by atoms with van der Waals surface area (Å²) in [4.78, 5) is 28.6. The largest absolute Gasteiger partial charge is 0.497 e. The Morgan fingerprint density at radius 2 is 1.86 bits per heavy atom. The maximum Gasteiger partial charge on any atom is 0.349 e. The molecule has 6 nitrogen and oxygen atoms in total. The monoisotopic (exact) mass is 390 g/mol. The highest BCUT2D eigenvalue weighted by molar-refractivity contribution is 6.21. The molecule has 0 unspecified atom stereocenters. The van der Waals surface area contributed by atoms with Crippen molar-refractivity contribution in [3.8, 4) is 5.75 Å². The van der Waals surface area contributed by atoms with Crippen LogP contribution in [0, 0.1) is 0 Å². The second-order valence-corrected chi connectivity index (χ2v) is 6.88. The third-order valence-electron chi connectivity index (χ3n) is 5.14. The molecule has 0 bridgehead atoms. The number of nitrogens with one attached hydrogen (secondary N) is 2. The Kier molecular flexibility index (Phi) is 5.08. The topological polar surface area (TPSA) is 80.4 Å². The van der Waals surface area contributed by atoms with Crippen LogP contribution in [0.3, 0.4) is 0 Å². The lowest BCUT2D eigenvalue weighted by Gasteiger charge is -2.07. The van der Waals surface area contributed by atoms with Gasteiger partial charge >= 0.3 is 11.9 Å². The molecule has 0 fully saturated rings. The first-order chi connectivity index (χ1) is 14.1. The molecule has 148 valence electrons. The Morgan fingerprint density at radius 3 is 2.59 bits per heavy atom. The molecule has 29 heavy (non-hydrogen) atoms. The average Bonchev–Trinajstić information content (AvgIpc) is 2.97. The van der Waals surface area contributed by atoms with E-state index in [-0.39, 0.29) is 5.56 Å². The molecule has 3 aromatic rings. The van der Waals surface area contributed by atoms with E-state index in [1.807, 2.05) is 0 Å². The van der Waals surface area contributed by atoms with Gasteiger partial charge in [0.1, 0.15) is 5.75 Å². The molecule has 4 rings (SSSR count). The number of hydrogen-bond acceptors (Lipinski definition) is 5. The molecule has 0 radical (unpaired) electrons. The summed E-state index contributed by atoms with van der Waals surface area (Å²) >= 11 is 0. The maximum absolute atomic E-state index is 12.8. The van der Waals surface area contributed by atoms with Gasteiger partial charge in [0.2, 0.25) is 0 Å². The predicted octanol–water partition coefficient (Wildman–Crippen LogP) is 3.61. The van der Waals surface area contributed by atoms with Gasteiger partial charge in [-0.1, -0.05) is 19.1 Å². The van der Waals surface area contributed by atoms with Crippen molar-refractivity contribution < 1.29 is 19.1 Å². The van der Waals surface area contributed by atoms with E-state index in [4.69, 9.17) is 9.47 Å². The Balaban J connectivity index is 1.63. The summed E-state index contributed by atoms with van der Waals surface area (Å²) in [6.07, 6.45) is 3.31. The highest BCUT2D eigenvalue weighted by Gasteiger charge is 2.25. The minimum Gasteiger partial charge on any atom is -0.497 e. The lowest BCUT2D eigenvalue weighted by molar-refractivity contribution is -0.131. The number of H-pyrrole nitrogens is 1. The summed E-state index contributed by atoms with van der Waals surface area (Å²) in [5.41, 5.74) is 4.55. The number of hydrogen-bond donors (Lipinski definition) is 2. The molecular weight excluding hydrogens is 368 g/mol. The summed E-state index contributed by atoms with van der Waals surface area (Å²) in [6.45, 7) is 2.80. The van der Waals surface area contributed by atoms with Crippen LogP contribution in [-0.4, -0.2) is 30.6 Å². The summed E-state index contributed by atoms with van der Waals surface area (Å²) in [6, 6.07) is 12.7. The van der Waals surface area contributed by atoms with E-state index >= 15 is 0 Å². The fraction of sp³-hybridized carbons (Fsp3) is 0.217. The third-order valence-corrected chi connectivity index (χ3v) is 5.14. The molecule has 1 aliphatic rings. The Labute approximate surface area is 168 Å². The smallest absolute Gasteiger partial charge is 0.349 e. The first-order valence-corrected chi connectivity index (χ1v) is 9.58. The van der Waals surface area contributed by atoms with E-state index < -0.39 is 11.9 Å². The second kappa shape index (κ2) is 7.83. The Morgan fingerprint density at radius 1 is 1.07 bits per heavy atom. The molecule has 6 heteroatoms. The first-order valence-electron chi connectivity index (χ1n) is 9.58. The molecular formula is C23H22N2O4. The SMILES string of the molecule is CCc1ccc2c3c([nH]c2c1)C(C(=O)OC(=O)c1ccc(OC)cc1)=CNCC3. The number of aromatic amines is 1. The molecule has 1 aliphatic heterocycles. The van der Waals surface area contributed by atoms with Crippen molar-refractivity contribution in [3.05, 3.63) is 71.0 Å². The van der Waals surface area contributed by atoms with Gasteiger partial charge in [0.25, 0.3) is 0 Å². The van der Waals surface area contributed by atoms with E-state index in [9.17, 15) is 9.59 Å². The lowest BCUT2D eigenvalue weighted by Crippen LogP contribution is -2.16. The number of ether oxygens (including phenoxy) is 2. The van der Waals surface area contributed by atoms with E-state index in [1.165, 1.54) is 5.56 Å². The number of rotatable bonds is 4. The lowest BCUT2D eigenvalue weighted by atomic mass is 10.0. The molecule has 2 heterocycles. The van der Waals surface area contributed by atoms with E-state index in [0.717, 1.165) is 29.3 Å². The number of esters is 2. The number of aryl methyl sites for hydroxylation is 1. The van der Waals surface area contributed by atoms with E-state index in [1.54, 1.807) is 37.6 Å². The molecule has 0 spiro atoms. The van der Waals surface area contributed by atoms with Crippen LogP contribution in [0.2, 0.25) is 0 Å². The van der Waals surface area contributed by atoms with Crippen molar-refractivity contribution in [2.24, 2.45) is 0 Å². The van der Waals surface area contributed by atoms with Gasteiger partial charge in [0.05, 0.1) is 23.9 Å². The highest BCUT2D eigenvalue weighted by Crippen LogP contribution is 2.30. The molecule has 1 aromatic heterocycles. The summed E-state index contributed by atoms with van der Waals surface area (Å²) in [7, 11) is 1.55. The zero-order valence-corrected chi connectivity index (χ0v) is 16.4. The fourth-order valence-corrected chi connectivity index (χ4v) is 3.54. The number of fused-ring (bicyclic) bond motifs is 3. The quantitative estimate of drug-likeness (QED) is 0.525. The Bertz CT molecular complexity index is 1110. The van der Waals surface area contributed by atoms with Gasteiger partial charge in [-0.25, -0.2) is 9.59 Å². The minimum absolute atomic E-state index is 0.283. The van der Waals surface area contributed by atoms with Crippen LogP contribution in [-0.2, 0) is 22.4 Å². The van der Waals surface area contributed by atoms with Gasteiger partial charge in [0.15, 0.2) is 0 Å². The van der Waals surface area contributed by atoms with Crippen molar-refractivity contribution in [3.63, 3.8) is 0 Å². The number of carbonyl (C=O) groups is 2. The third kappa shape index (κ3) is 3.61. The normalized spacial score (nSPS) is 13.1. The number of aromatic nitrogens is 1. The summed E-state index contributed by atoms with van der Waals surface area (Å²) in [5.74, 6) is -0.768. The van der Waals surface area contributed by atoms with Crippen LogP contribution >= 0.6 is 0 Å². The van der Waals surface area contributed by atoms with Gasteiger partial charge in [-0.3, -0.25) is 0 Å².